The van der Waals surface area contributed by atoms with E-state index in [1.807, 2.05) is 54.6 Å². The summed E-state index contributed by atoms with van der Waals surface area (Å²) in [4.78, 5) is 34.0. The second-order valence-electron chi connectivity index (χ2n) is 5.07. The fourth-order valence-corrected chi connectivity index (χ4v) is 2.28. The molecule has 136 valence electrons. The summed E-state index contributed by atoms with van der Waals surface area (Å²) in [6.45, 7) is -0.139. The Morgan fingerprint density at radius 3 is 2.12 bits per heavy atom. The maximum atomic E-state index is 11.6. The number of halogens is 1. The smallest absolute Gasteiger partial charge is 0.480 e. The van der Waals surface area contributed by atoms with Crippen LogP contribution >= 0.6 is 12.4 Å². The van der Waals surface area contributed by atoms with E-state index < -0.39 is 5.97 Å². The van der Waals surface area contributed by atoms with Gasteiger partial charge in [0.1, 0.15) is 6.54 Å². The number of hydrazine groups is 1. The van der Waals surface area contributed by atoms with Crippen molar-refractivity contribution in [2.24, 2.45) is 0 Å². The quantitative estimate of drug-likeness (QED) is 0.468. The van der Waals surface area contributed by atoms with E-state index in [0.717, 1.165) is 10.6 Å². The fourth-order valence-electron chi connectivity index (χ4n) is 2.28. The first kappa shape index (κ1) is 23.1. The third kappa shape index (κ3) is 7.23. The minimum absolute atomic E-state index is 0. The van der Waals surface area contributed by atoms with Crippen molar-refractivity contribution >= 4 is 30.2 Å². The molecule has 2 aromatic carbocycles. The Bertz CT molecular complexity index is 610. The number of carboxylic acids is 1. The average Bonchev–Trinajstić information content (AvgIpc) is 3.22. The van der Waals surface area contributed by atoms with Crippen LogP contribution in [0.4, 0.5) is 0 Å². The molecule has 3 rings (SSSR count). The third-order valence-corrected chi connectivity index (χ3v) is 3.28. The van der Waals surface area contributed by atoms with E-state index in [1.54, 1.807) is 0 Å². The van der Waals surface area contributed by atoms with Crippen molar-refractivity contribution in [1.82, 2.24) is 10.0 Å². The second-order valence-corrected chi connectivity index (χ2v) is 5.07. The molecule has 1 N–H and O–H groups in total. The number of carbonyl (C=O) groups is 3. The number of rotatable bonds is 5. The first-order valence-electron chi connectivity index (χ1n) is 7.27. The first-order valence-corrected chi connectivity index (χ1v) is 7.27. The topological polar surface area (TPSA) is 77.9 Å². The maximum Gasteiger partial charge on any atom is 2.00 e. The first-order chi connectivity index (χ1) is 11.1. The van der Waals surface area contributed by atoms with Gasteiger partial charge in [-0.2, -0.15) is 40.9 Å². The van der Waals surface area contributed by atoms with Crippen molar-refractivity contribution in [2.75, 3.05) is 6.54 Å². The van der Waals surface area contributed by atoms with Gasteiger partial charge < -0.3 is 5.11 Å². The largest absolute Gasteiger partial charge is 2.00 e. The van der Waals surface area contributed by atoms with Crippen molar-refractivity contribution < 1.29 is 36.6 Å². The molecule has 6 nitrogen and oxygen atoms in total. The van der Waals surface area contributed by atoms with Crippen LogP contribution in [0.2, 0.25) is 0 Å². The van der Waals surface area contributed by atoms with Gasteiger partial charge in [-0.05, 0) is 0 Å². The minimum atomic E-state index is -1.07. The number of carbonyl (C=O) groups excluding carboxylic acids is 2. The molecule has 25 heavy (non-hydrogen) atoms. The molecule has 1 aliphatic heterocycles. The van der Waals surface area contributed by atoms with Crippen molar-refractivity contribution in [3.05, 3.63) is 60.2 Å². The van der Waals surface area contributed by atoms with Crippen LogP contribution in [0.5, 0.6) is 0 Å². The van der Waals surface area contributed by atoms with Gasteiger partial charge in [-0.15, -0.1) is 12.4 Å². The van der Waals surface area contributed by atoms with Gasteiger partial charge >= 0.3 is 23.0 Å². The van der Waals surface area contributed by atoms with Crippen molar-refractivity contribution in [1.29, 1.82) is 0 Å². The molecular weight excluding hydrogens is 387 g/mol. The molecule has 1 saturated heterocycles. The summed E-state index contributed by atoms with van der Waals surface area (Å²) in [5, 5.41) is 11.1. The molecular formula is C17H19ClFeN2O4. The van der Waals surface area contributed by atoms with Crippen molar-refractivity contribution in [3.63, 3.8) is 0 Å². The molecule has 2 amide bonds. The Balaban J connectivity index is 0.000000711. The number of hydrogen-bond donors (Lipinski definition) is 1. The molecule has 0 radical (unpaired) electrons. The van der Waals surface area contributed by atoms with Gasteiger partial charge in [0.2, 0.25) is 11.8 Å². The molecule has 0 unspecified atom stereocenters. The molecule has 0 bridgehead atoms. The van der Waals surface area contributed by atoms with E-state index in [2.05, 4.69) is 0 Å². The summed E-state index contributed by atoms with van der Waals surface area (Å²) in [5.41, 5.74) is 0.865. The van der Waals surface area contributed by atoms with Gasteiger partial charge in [-0.3, -0.25) is 14.4 Å². The molecule has 0 saturated carbocycles. The van der Waals surface area contributed by atoms with Gasteiger partial charge in [0.05, 0.1) is 0 Å². The number of aliphatic carboxylic acids is 1. The summed E-state index contributed by atoms with van der Waals surface area (Å²) in [5.74, 6) is -1.75. The van der Waals surface area contributed by atoms with E-state index in [1.165, 1.54) is 5.01 Å². The zero-order valence-corrected chi connectivity index (χ0v) is 15.3. The molecule has 8 heteroatoms. The number of amides is 2. The maximum absolute atomic E-state index is 11.6. The van der Waals surface area contributed by atoms with Crippen molar-refractivity contribution in [3.8, 4) is 0 Å². The van der Waals surface area contributed by atoms with E-state index in [4.69, 9.17) is 5.11 Å². The fraction of sp³-hybridized carbons (Fsp3) is 0.235. The van der Waals surface area contributed by atoms with Gasteiger partial charge in [0, 0.05) is 19.4 Å². The monoisotopic (exact) mass is 406 g/mol. The van der Waals surface area contributed by atoms with E-state index in [9.17, 15) is 14.4 Å². The van der Waals surface area contributed by atoms with Crippen LogP contribution in [0.15, 0.2) is 54.6 Å². The molecule has 0 aromatic heterocycles. The van der Waals surface area contributed by atoms with Crippen molar-refractivity contribution in [2.45, 2.75) is 19.4 Å². The minimum Gasteiger partial charge on any atom is -0.480 e. The number of imide groups is 1. The summed E-state index contributed by atoms with van der Waals surface area (Å²) in [6.07, 6.45) is 0.298. The predicted molar refractivity (Wildman–Crippen MR) is 90.5 cm³/mol. The molecule has 0 spiro atoms. The van der Waals surface area contributed by atoms with Gasteiger partial charge in [0.25, 0.3) is 0 Å². The van der Waals surface area contributed by atoms with Crippen LogP contribution in [0.25, 0.3) is 0 Å². The van der Waals surface area contributed by atoms with Crippen LogP contribution in [0.1, 0.15) is 18.4 Å². The van der Waals surface area contributed by atoms with Gasteiger partial charge in [-0.1, -0.05) is 0 Å². The molecule has 1 fully saturated rings. The normalized spacial score (nSPS) is 12.9. The zero-order chi connectivity index (χ0) is 16.7. The summed E-state index contributed by atoms with van der Waals surface area (Å²) in [7, 11) is 0. The average molecular weight is 407 g/mol. The third-order valence-electron chi connectivity index (χ3n) is 3.28. The van der Waals surface area contributed by atoms with Crippen LogP contribution in [-0.2, 0) is 38.0 Å². The van der Waals surface area contributed by atoms with E-state index in [-0.39, 0.29) is 67.2 Å². The second kappa shape index (κ2) is 11.6. The molecule has 0 atom stereocenters. The van der Waals surface area contributed by atoms with Gasteiger partial charge in [0.15, 0.2) is 0 Å². The van der Waals surface area contributed by atoms with E-state index in [0.29, 0.717) is 0 Å². The number of carboxylic acid groups (broad SMARTS) is 1. The molecule has 1 heterocycles. The molecule has 1 aliphatic rings. The standard InChI is InChI=1S/C12H13N2O4.C5H5.ClH.Fe/c15-10-5-6-11(16)14(10)13(8-12(17)18)7-9-3-1-2-4-9;1-2-4-5-3-1;;/h1-4H,5-8H2,(H,17,18);1-5H;1H;/q2*-1;;+2. The predicted octanol–water partition coefficient (Wildman–Crippen LogP) is 2.18. The summed E-state index contributed by atoms with van der Waals surface area (Å²) >= 11 is 0. The molecule has 0 aliphatic carbocycles. The van der Waals surface area contributed by atoms with Crippen LogP contribution in [0.3, 0.4) is 0 Å². The van der Waals surface area contributed by atoms with Crippen LogP contribution in [0, 0.1) is 0 Å². The Morgan fingerprint density at radius 2 is 1.72 bits per heavy atom. The zero-order valence-electron chi connectivity index (χ0n) is 13.4. The Labute approximate surface area is 163 Å². The Kier molecular flexibility index (Phi) is 10.7. The Hall–Kier alpha value is -1.92. The van der Waals surface area contributed by atoms with E-state index >= 15 is 0 Å². The molecule has 2 aromatic rings. The number of nitrogens with zero attached hydrogens (tertiary/aromatic N) is 2. The summed E-state index contributed by atoms with van der Waals surface area (Å²) < 4.78 is 0. The summed E-state index contributed by atoms with van der Waals surface area (Å²) in [6, 6.07) is 17.3. The van der Waals surface area contributed by atoms with Crippen LogP contribution in [-0.4, -0.2) is 39.5 Å². The van der Waals surface area contributed by atoms with Gasteiger partial charge in [-0.25, -0.2) is 29.3 Å². The Morgan fingerprint density at radius 1 is 1.12 bits per heavy atom. The number of hydrogen-bond acceptors (Lipinski definition) is 4. The SMILES string of the molecule is Cl.O=C(O)CN(Cc1ccc[cH-]1)N1C(=O)CCC1=O.[Fe+2].c1cc[cH-]c1. The van der Waals surface area contributed by atoms with Crippen LogP contribution < -0.4 is 0 Å².